The number of hydrogen-bond acceptors (Lipinski definition) is 4. The Hall–Kier alpha value is -0.780. The molecule has 0 aromatic carbocycles. The van der Waals surface area contributed by atoms with Gasteiger partial charge in [-0.25, -0.2) is 4.98 Å². The molecule has 0 saturated carbocycles. The van der Waals surface area contributed by atoms with Crippen molar-refractivity contribution in [2.45, 2.75) is 38.2 Å². The largest absolute Gasteiger partial charge is 0.380 e. The number of aryl methyl sites for hydroxylation is 2. The van der Waals surface area contributed by atoms with Crippen LogP contribution in [0, 0.1) is 0 Å². The number of fused-ring (bicyclic) bond motifs is 1. The number of hydrogen-bond donors (Lipinski definition) is 1. The summed E-state index contributed by atoms with van der Waals surface area (Å²) < 4.78 is 2.05. The van der Waals surface area contributed by atoms with Gasteiger partial charge < -0.3 is 9.67 Å². The number of rotatable bonds is 4. The molecule has 1 aliphatic heterocycles. The number of aliphatic hydroxyl groups is 1. The lowest BCUT2D eigenvalue weighted by Gasteiger charge is -2.11. The van der Waals surface area contributed by atoms with Crippen LogP contribution in [0.15, 0.2) is 18.5 Å². The molecule has 1 aliphatic rings. The number of nitrogens with zero attached hydrogens (tertiary/aromatic N) is 2. The van der Waals surface area contributed by atoms with Crippen LogP contribution in [0.1, 0.15) is 40.6 Å². The Morgan fingerprint density at radius 1 is 1.53 bits per heavy atom. The van der Waals surface area contributed by atoms with E-state index in [-0.39, 0.29) is 0 Å². The van der Waals surface area contributed by atoms with Crippen molar-refractivity contribution in [1.29, 1.82) is 0 Å². The minimum absolute atomic E-state index is 0.581. The molecule has 5 heteroatoms. The second kappa shape index (κ2) is 5.69. The predicted octanol–water partition coefficient (Wildman–Crippen LogP) is 3.23. The second-order valence-corrected chi connectivity index (χ2v) is 7.05. The molecule has 0 amide bonds. The lowest BCUT2D eigenvalue weighted by molar-refractivity contribution is 0.208. The van der Waals surface area contributed by atoms with Crippen LogP contribution in [-0.4, -0.2) is 20.4 Å². The number of imidazole rings is 1. The fourth-order valence-electron chi connectivity index (χ4n) is 2.43. The molecule has 0 spiro atoms. The van der Waals surface area contributed by atoms with Gasteiger partial charge in [0.25, 0.3) is 0 Å². The molecule has 1 N–H and O–H groups in total. The van der Waals surface area contributed by atoms with E-state index < -0.39 is 6.10 Å². The monoisotopic (exact) mass is 294 g/mol. The molecule has 0 aliphatic carbocycles. The second-order valence-electron chi connectivity index (χ2n) is 4.78. The van der Waals surface area contributed by atoms with Gasteiger partial charge in [0.05, 0.1) is 0 Å². The number of aromatic nitrogens is 2. The third-order valence-corrected chi connectivity index (χ3v) is 5.67. The number of thiophene rings is 1. The van der Waals surface area contributed by atoms with Crippen molar-refractivity contribution < 1.29 is 5.11 Å². The van der Waals surface area contributed by atoms with Crippen molar-refractivity contribution in [1.82, 2.24) is 9.55 Å². The first-order valence-electron chi connectivity index (χ1n) is 6.68. The SMILES string of the molecule is CCCn1ccnc1C(O)c1cc2c(s1)CCSC2. The van der Waals surface area contributed by atoms with Crippen LogP contribution in [0.5, 0.6) is 0 Å². The van der Waals surface area contributed by atoms with Crippen molar-refractivity contribution in [2.24, 2.45) is 0 Å². The van der Waals surface area contributed by atoms with E-state index in [9.17, 15) is 5.11 Å². The summed E-state index contributed by atoms with van der Waals surface area (Å²) in [6.07, 6.45) is 5.33. The van der Waals surface area contributed by atoms with Crippen LogP contribution in [-0.2, 0) is 18.7 Å². The van der Waals surface area contributed by atoms with Gasteiger partial charge in [-0.2, -0.15) is 11.8 Å². The Balaban J connectivity index is 1.88. The molecule has 2 aromatic rings. The summed E-state index contributed by atoms with van der Waals surface area (Å²) >= 11 is 3.73. The van der Waals surface area contributed by atoms with Gasteiger partial charge in [-0.1, -0.05) is 6.92 Å². The average molecular weight is 294 g/mol. The zero-order valence-electron chi connectivity index (χ0n) is 11.0. The Bertz CT molecular complexity index is 538. The fourth-order valence-corrected chi connectivity index (χ4v) is 4.79. The molecule has 1 atom stereocenters. The van der Waals surface area contributed by atoms with Gasteiger partial charge in [0.1, 0.15) is 11.9 Å². The highest BCUT2D eigenvalue weighted by Gasteiger charge is 2.21. The van der Waals surface area contributed by atoms with Gasteiger partial charge in [-0.15, -0.1) is 11.3 Å². The molecule has 3 rings (SSSR count). The van der Waals surface area contributed by atoms with E-state index in [4.69, 9.17) is 0 Å². The lowest BCUT2D eigenvalue weighted by atomic mass is 10.2. The van der Waals surface area contributed by atoms with E-state index in [1.165, 1.54) is 16.2 Å². The van der Waals surface area contributed by atoms with E-state index in [1.54, 1.807) is 17.5 Å². The normalized spacial score (nSPS) is 16.3. The Labute approximate surface area is 121 Å². The van der Waals surface area contributed by atoms with Crippen LogP contribution >= 0.6 is 23.1 Å². The maximum Gasteiger partial charge on any atom is 0.146 e. The smallest absolute Gasteiger partial charge is 0.146 e. The first kappa shape index (κ1) is 13.2. The minimum atomic E-state index is -0.581. The van der Waals surface area contributed by atoms with Gasteiger partial charge in [-0.3, -0.25) is 0 Å². The maximum absolute atomic E-state index is 10.6. The first-order valence-corrected chi connectivity index (χ1v) is 8.65. The zero-order chi connectivity index (χ0) is 13.2. The fraction of sp³-hybridized carbons (Fsp3) is 0.500. The van der Waals surface area contributed by atoms with Crippen LogP contribution in [0.25, 0.3) is 0 Å². The summed E-state index contributed by atoms with van der Waals surface area (Å²) in [5, 5.41) is 10.6. The van der Waals surface area contributed by atoms with Crippen LogP contribution in [0.4, 0.5) is 0 Å². The molecule has 3 heterocycles. The first-order chi connectivity index (χ1) is 9.29. The van der Waals surface area contributed by atoms with Crippen molar-refractivity contribution in [3.63, 3.8) is 0 Å². The molecule has 0 radical (unpaired) electrons. The molecular weight excluding hydrogens is 276 g/mol. The van der Waals surface area contributed by atoms with Gasteiger partial charge in [0.2, 0.25) is 0 Å². The van der Waals surface area contributed by atoms with E-state index in [0.29, 0.717) is 0 Å². The number of aliphatic hydroxyl groups excluding tert-OH is 1. The number of thioether (sulfide) groups is 1. The molecule has 1 unspecified atom stereocenters. The summed E-state index contributed by atoms with van der Waals surface area (Å²) in [5.41, 5.74) is 1.41. The average Bonchev–Trinajstić information content (AvgIpc) is 3.04. The van der Waals surface area contributed by atoms with Gasteiger partial charge >= 0.3 is 0 Å². The highest BCUT2D eigenvalue weighted by atomic mass is 32.2. The van der Waals surface area contributed by atoms with Crippen LogP contribution < -0.4 is 0 Å². The van der Waals surface area contributed by atoms with Gasteiger partial charge in [0.15, 0.2) is 0 Å². The van der Waals surface area contributed by atoms with Crippen LogP contribution in [0.2, 0.25) is 0 Å². The van der Waals surface area contributed by atoms with Crippen molar-refractivity contribution >= 4 is 23.1 Å². The minimum Gasteiger partial charge on any atom is -0.380 e. The predicted molar refractivity (Wildman–Crippen MR) is 80.8 cm³/mol. The molecule has 0 saturated heterocycles. The van der Waals surface area contributed by atoms with Gasteiger partial charge in [-0.05, 0) is 30.2 Å². The quantitative estimate of drug-likeness (QED) is 0.941. The molecule has 102 valence electrons. The summed E-state index contributed by atoms with van der Waals surface area (Å²) in [6, 6.07) is 2.17. The molecular formula is C14H18N2OS2. The molecule has 0 bridgehead atoms. The van der Waals surface area contributed by atoms with Gasteiger partial charge in [0, 0.05) is 34.4 Å². The highest BCUT2D eigenvalue weighted by molar-refractivity contribution is 7.98. The zero-order valence-corrected chi connectivity index (χ0v) is 12.6. The summed E-state index contributed by atoms with van der Waals surface area (Å²) in [4.78, 5) is 6.82. The van der Waals surface area contributed by atoms with E-state index in [2.05, 4.69) is 22.5 Å². The van der Waals surface area contributed by atoms with E-state index in [0.717, 1.165) is 35.8 Å². The molecule has 0 fully saturated rings. The summed E-state index contributed by atoms with van der Waals surface area (Å²) in [7, 11) is 0. The molecule has 19 heavy (non-hydrogen) atoms. The lowest BCUT2D eigenvalue weighted by Crippen LogP contribution is -2.08. The van der Waals surface area contributed by atoms with Crippen molar-refractivity contribution in [2.75, 3.05) is 5.75 Å². The molecule has 2 aromatic heterocycles. The third-order valence-electron chi connectivity index (χ3n) is 3.37. The maximum atomic E-state index is 10.6. The van der Waals surface area contributed by atoms with Crippen molar-refractivity contribution in [3.8, 4) is 0 Å². The van der Waals surface area contributed by atoms with E-state index >= 15 is 0 Å². The van der Waals surface area contributed by atoms with Crippen molar-refractivity contribution in [3.05, 3.63) is 39.6 Å². The highest BCUT2D eigenvalue weighted by Crippen LogP contribution is 2.36. The Morgan fingerprint density at radius 2 is 2.42 bits per heavy atom. The standard InChI is InChI=1S/C14H18N2OS2/c1-2-5-16-6-4-15-14(16)13(17)12-8-10-9-18-7-3-11(10)19-12/h4,6,8,13,17H,2-3,5,7,9H2,1H3. The summed E-state index contributed by atoms with van der Waals surface area (Å²) in [6.45, 7) is 3.05. The Kier molecular flexibility index (Phi) is 3.96. The topological polar surface area (TPSA) is 38.0 Å². The van der Waals surface area contributed by atoms with E-state index in [1.807, 2.05) is 18.0 Å². The summed E-state index contributed by atoms with van der Waals surface area (Å²) in [5.74, 6) is 3.06. The van der Waals surface area contributed by atoms with Crippen LogP contribution in [0.3, 0.4) is 0 Å². The Morgan fingerprint density at radius 3 is 3.21 bits per heavy atom. The third kappa shape index (κ3) is 2.59. The molecule has 3 nitrogen and oxygen atoms in total.